The van der Waals surface area contributed by atoms with E-state index in [1.165, 1.54) is 120 Å². The standard InChI is InChI=1S/C58H36/c1-2-14-45-38(12-1)13-11-23-46(45)39-26-28-40(29-27-39)57-52-19-7-9-21-54(52)58(55-22-10-8-20-53(55)57)43-31-25-37-24-30-41(34-44(37)35-43)42-32-33-51-49-17-4-3-15-47(49)48-16-5-6-18-50(48)56(51)36-42/h1-36H. The number of benzene rings is 12. The van der Waals surface area contributed by atoms with Crippen LogP contribution in [0.2, 0.25) is 0 Å². The van der Waals surface area contributed by atoms with E-state index >= 15 is 0 Å². The van der Waals surface area contributed by atoms with Crippen LogP contribution >= 0.6 is 0 Å². The smallest absolute Gasteiger partial charge is 0.00262 e. The van der Waals surface area contributed by atoms with Crippen LogP contribution in [0.3, 0.4) is 0 Å². The van der Waals surface area contributed by atoms with Crippen molar-refractivity contribution in [1.29, 1.82) is 0 Å². The Labute approximate surface area is 336 Å². The molecule has 0 aliphatic rings. The Hall–Kier alpha value is -7.54. The molecule has 0 aliphatic carbocycles. The summed E-state index contributed by atoms with van der Waals surface area (Å²) in [6.07, 6.45) is 0. The highest BCUT2D eigenvalue weighted by Crippen LogP contribution is 2.45. The highest BCUT2D eigenvalue weighted by Gasteiger charge is 2.18. The van der Waals surface area contributed by atoms with Crippen LogP contribution in [0.25, 0.3) is 120 Å². The molecule has 0 N–H and O–H groups in total. The van der Waals surface area contributed by atoms with Crippen LogP contribution in [0.1, 0.15) is 0 Å². The summed E-state index contributed by atoms with van der Waals surface area (Å²) in [6.45, 7) is 0. The average molecular weight is 733 g/mol. The third-order valence-corrected chi connectivity index (χ3v) is 12.4. The molecule has 0 saturated heterocycles. The first-order valence-electron chi connectivity index (χ1n) is 20.2. The third-order valence-electron chi connectivity index (χ3n) is 12.4. The molecule has 0 aromatic heterocycles. The van der Waals surface area contributed by atoms with Gasteiger partial charge < -0.3 is 0 Å². The average Bonchev–Trinajstić information content (AvgIpc) is 3.30. The highest BCUT2D eigenvalue weighted by molar-refractivity contribution is 6.26. The van der Waals surface area contributed by atoms with Crippen LogP contribution in [0, 0.1) is 0 Å². The molecule has 58 heavy (non-hydrogen) atoms. The summed E-state index contributed by atoms with van der Waals surface area (Å²) in [4.78, 5) is 0. The van der Waals surface area contributed by atoms with Gasteiger partial charge in [-0.2, -0.15) is 0 Å². The van der Waals surface area contributed by atoms with Gasteiger partial charge >= 0.3 is 0 Å². The summed E-state index contributed by atoms with van der Waals surface area (Å²) in [6, 6.07) is 80.9. The maximum atomic E-state index is 2.40. The van der Waals surface area contributed by atoms with Crippen LogP contribution < -0.4 is 0 Å². The fourth-order valence-corrected chi connectivity index (χ4v) is 9.71. The molecule has 268 valence electrons. The molecule has 0 unspecified atom stereocenters. The van der Waals surface area contributed by atoms with Gasteiger partial charge in [-0.25, -0.2) is 0 Å². The lowest BCUT2D eigenvalue weighted by molar-refractivity contribution is 1.63. The van der Waals surface area contributed by atoms with Gasteiger partial charge in [0.05, 0.1) is 0 Å². The van der Waals surface area contributed by atoms with E-state index in [1.807, 2.05) is 0 Å². The van der Waals surface area contributed by atoms with Gasteiger partial charge in [-0.05, 0) is 138 Å². The molecule has 12 rings (SSSR count). The largest absolute Gasteiger partial charge is 0.0616 e. The van der Waals surface area contributed by atoms with E-state index in [2.05, 4.69) is 218 Å². The molecular formula is C58H36. The first kappa shape index (κ1) is 32.7. The monoisotopic (exact) mass is 732 g/mol. The summed E-state index contributed by atoms with van der Waals surface area (Å²) >= 11 is 0. The fourth-order valence-electron chi connectivity index (χ4n) is 9.71. The normalized spacial score (nSPS) is 11.8. The Bertz CT molecular complexity index is 3510. The Morgan fingerprint density at radius 3 is 1.19 bits per heavy atom. The van der Waals surface area contributed by atoms with Gasteiger partial charge in [0, 0.05) is 0 Å². The van der Waals surface area contributed by atoms with Crippen molar-refractivity contribution in [3.63, 3.8) is 0 Å². The Morgan fingerprint density at radius 2 is 0.569 bits per heavy atom. The Kier molecular flexibility index (Phi) is 7.33. The molecule has 0 aliphatic heterocycles. The van der Waals surface area contributed by atoms with Crippen LogP contribution in [0.15, 0.2) is 218 Å². The molecule has 0 fully saturated rings. The van der Waals surface area contributed by atoms with E-state index in [0.29, 0.717) is 0 Å². The van der Waals surface area contributed by atoms with Gasteiger partial charge in [0.15, 0.2) is 0 Å². The summed E-state index contributed by atoms with van der Waals surface area (Å²) < 4.78 is 0. The molecule has 12 aromatic carbocycles. The van der Waals surface area contributed by atoms with E-state index in [9.17, 15) is 0 Å². The summed E-state index contributed by atoms with van der Waals surface area (Å²) in [5.74, 6) is 0. The Morgan fingerprint density at radius 1 is 0.172 bits per heavy atom. The second kappa shape index (κ2) is 13.0. The molecule has 0 heterocycles. The quantitative estimate of drug-likeness (QED) is 0.125. The number of rotatable bonds is 4. The van der Waals surface area contributed by atoms with Crippen molar-refractivity contribution >= 4 is 75.4 Å². The van der Waals surface area contributed by atoms with Gasteiger partial charge in [0.25, 0.3) is 0 Å². The van der Waals surface area contributed by atoms with Crippen molar-refractivity contribution in [3.05, 3.63) is 218 Å². The molecule has 12 aromatic rings. The maximum Gasteiger partial charge on any atom is -0.00262 e. The highest BCUT2D eigenvalue weighted by atomic mass is 14.2. The second-order valence-corrected chi connectivity index (χ2v) is 15.6. The van der Waals surface area contributed by atoms with Crippen molar-refractivity contribution in [1.82, 2.24) is 0 Å². The first-order chi connectivity index (χ1) is 28.8. The SMILES string of the molecule is c1ccc2c(-c3ccc(-c4c5ccccc5c(-c5ccc6ccc(-c7ccc8c9ccccc9c9ccccc9c8c7)cc6c5)c5ccccc45)cc3)cccc2c1. The minimum atomic E-state index is 1.22. The fraction of sp³-hybridized carbons (Fsp3) is 0. The number of hydrogen-bond donors (Lipinski definition) is 0. The lowest BCUT2D eigenvalue weighted by Crippen LogP contribution is -1.91. The van der Waals surface area contributed by atoms with Crippen LogP contribution in [0.5, 0.6) is 0 Å². The van der Waals surface area contributed by atoms with Crippen molar-refractivity contribution in [3.8, 4) is 44.5 Å². The van der Waals surface area contributed by atoms with Crippen molar-refractivity contribution in [2.75, 3.05) is 0 Å². The topological polar surface area (TPSA) is 0 Å². The minimum absolute atomic E-state index is 1.22. The van der Waals surface area contributed by atoms with Crippen LogP contribution in [-0.4, -0.2) is 0 Å². The van der Waals surface area contributed by atoms with Gasteiger partial charge in [-0.1, -0.05) is 200 Å². The van der Waals surface area contributed by atoms with E-state index < -0.39 is 0 Å². The lowest BCUT2D eigenvalue weighted by Gasteiger charge is -2.18. The maximum absolute atomic E-state index is 2.40. The van der Waals surface area contributed by atoms with Gasteiger partial charge in [0.2, 0.25) is 0 Å². The zero-order valence-corrected chi connectivity index (χ0v) is 31.8. The van der Waals surface area contributed by atoms with Gasteiger partial charge in [-0.15, -0.1) is 0 Å². The molecule has 0 saturated carbocycles. The van der Waals surface area contributed by atoms with Gasteiger partial charge in [-0.3, -0.25) is 0 Å². The van der Waals surface area contributed by atoms with Crippen molar-refractivity contribution < 1.29 is 0 Å². The second-order valence-electron chi connectivity index (χ2n) is 15.6. The predicted octanol–water partition coefficient (Wildman–Crippen LogP) is 16.4. The van der Waals surface area contributed by atoms with Crippen LogP contribution in [-0.2, 0) is 0 Å². The van der Waals surface area contributed by atoms with Crippen LogP contribution in [0.4, 0.5) is 0 Å². The number of fused-ring (bicyclic) bond motifs is 10. The van der Waals surface area contributed by atoms with E-state index in [0.717, 1.165) is 0 Å². The zero-order chi connectivity index (χ0) is 38.2. The number of hydrogen-bond acceptors (Lipinski definition) is 0. The van der Waals surface area contributed by atoms with E-state index in [-0.39, 0.29) is 0 Å². The molecule has 0 spiro atoms. The minimum Gasteiger partial charge on any atom is -0.0616 e. The summed E-state index contributed by atoms with van der Waals surface area (Å²) in [5.41, 5.74) is 9.95. The van der Waals surface area contributed by atoms with Gasteiger partial charge in [0.1, 0.15) is 0 Å². The van der Waals surface area contributed by atoms with Crippen molar-refractivity contribution in [2.45, 2.75) is 0 Å². The lowest BCUT2D eigenvalue weighted by atomic mass is 9.85. The molecule has 0 radical (unpaired) electrons. The summed E-state index contributed by atoms with van der Waals surface area (Å²) in [5, 5.41) is 17.9. The first-order valence-corrected chi connectivity index (χ1v) is 20.2. The molecule has 0 amide bonds. The van der Waals surface area contributed by atoms with E-state index in [1.54, 1.807) is 0 Å². The molecule has 0 atom stereocenters. The molecule has 0 bridgehead atoms. The third kappa shape index (κ3) is 5.09. The zero-order valence-electron chi connectivity index (χ0n) is 31.8. The molecular weight excluding hydrogens is 697 g/mol. The molecule has 0 heteroatoms. The summed E-state index contributed by atoms with van der Waals surface area (Å²) in [7, 11) is 0. The Balaban J connectivity index is 1.00. The molecule has 0 nitrogen and oxygen atoms in total. The van der Waals surface area contributed by atoms with E-state index in [4.69, 9.17) is 0 Å². The predicted molar refractivity (Wildman–Crippen MR) is 251 cm³/mol. The van der Waals surface area contributed by atoms with Crippen molar-refractivity contribution in [2.24, 2.45) is 0 Å².